The molecule has 3 rings (SSSR count). The van der Waals surface area contributed by atoms with Crippen LogP contribution in [0.3, 0.4) is 0 Å². The molecule has 148 valence electrons. The average molecular weight is 419 g/mol. The largest absolute Gasteiger partial charge is 0.325 e. The van der Waals surface area contributed by atoms with Crippen molar-refractivity contribution in [1.82, 2.24) is 9.55 Å². The molecule has 0 aliphatic heterocycles. The number of carbonyl (C=O) groups is 1. The lowest BCUT2D eigenvalue weighted by Crippen LogP contribution is -2.15. The zero-order valence-corrected chi connectivity index (χ0v) is 17.5. The fraction of sp³-hybridized carbons (Fsp3) is 0.263. The number of hydrogen-bond donors (Lipinski definition) is 2. The van der Waals surface area contributed by atoms with Gasteiger partial charge in [-0.2, -0.15) is 0 Å². The Bertz CT molecular complexity index is 1150. The molecule has 9 heteroatoms. The lowest BCUT2D eigenvalue weighted by molar-refractivity contribution is -0.113. The van der Waals surface area contributed by atoms with Crippen LogP contribution in [0.1, 0.15) is 18.1 Å². The van der Waals surface area contributed by atoms with Crippen LogP contribution in [0.4, 0.5) is 5.69 Å². The number of hydrogen-bond acceptors (Lipinski definition) is 5. The number of anilines is 1. The number of nitrogens with zero attached hydrogens (tertiary/aromatic N) is 2. The maximum atomic E-state index is 12.4. The predicted octanol–water partition coefficient (Wildman–Crippen LogP) is 3.05. The first-order valence-electron chi connectivity index (χ1n) is 8.72. The number of rotatable bonds is 6. The molecule has 7 nitrogen and oxygen atoms in total. The summed E-state index contributed by atoms with van der Waals surface area (Å²) < 4.78 is 25.1. The quantitative estimate of drug-likeness (QED) is 0.598. The lowest BCUT2D eigenvalue weighted by atomic mass is 10.1. The van der Waals surface area contributed by atoms with Crippen LogP contribution in [-0.2, 0) is 21.4 Å². The highest BCUT2D eigenvalue weighted by atomic mass is 32.2. The number of thioether (sulfide) groups is 1. The lowest BCUT2D eigenvalue weighted by Gasteiger charge is -2.09. The van der Waals surface area contributed by atoms with Gasteiger partial charge >= 0.3 is 0 Å². The van der Waals surface area contributed by atoms with Gasteiger partial charge in [-0.25, -0.2) is 18.5 Å². The summed E-state index contributed by atoms with van der Waals surface area (Å²) in [7, 11) is -3.79. The van der Waals surface area contributed by atoms with Crippen molar-refractivity contribution in [1.29, 1.82) is 0 Å². The second-order valence-electron chi connectivity index (χ2n) is 6.49. The zero-order valence-electron chi connectivity index (χ0n) is 15.9. The molecular weight excluding hydrogens is 396 g/mol. The van der Waals surface area contributed by atoms with E-state index in [2.05, 4.69) is 10.3 Å². The van der Waals surface area contributed by atoms with Crippen LogP contribution < -0.4 is 10.5 Å². The summed E-state index contributed by atoms with van der Waals surface area (Å²) in [6.45, 7) is 6.57. The Morgan fingerprint density at radius 1 is 1.21 bits per heavy atom. The molecule has 0 aliphatic rings. The summed E-state index contributed by atoms with van der Waals surface area (Å²) in [6, 6.07) is 10.5. The van der Waals surface area contributed by atoms with E-state index in [0.717, 1.165) is 22.3 Å². The topological polar surface area (TPSA) is 107 Å². The molecule has 2 aromatic carbocycles. The molecule has 1 heterocycles. The van der Waals surface area contributed by atoms with Crippen LogP contribution in [0.25, 0.3) is 11.0 Å². The number of aromatic nitrogens is 2. The predicted molar refractivity (Wildman–Crippen MR) is 112 cm³/mol. The fourth-order valence-corrected chi connectivity index (χ4v) is 4.36. The van der Waals surface area contributed by atoms with Crippen LogP contribution in [-0.4, -0.2) is 29.6 Å². The Kier molecular flexibility index (Phi) is 5.78. The molecule has 1 amide bonds. The molecule has 3 aromatic rings. The van der Waals surface area contributed by atoms with Gasteiger partial charge in [-0.3, -0.25) is 4.79 Å². The third kappa shape index (κ3) is 4.37. The zero-order chi connectivity index (χ0) is 20.5. The minimum atomic E-state index is -3.79. The number of benzene rings is 2. The van der Waals surface area contributed by atoms with Gasteiger partial charge < -0.3 is 9.88 Å². The van der Waals surface area contributed by atoms with E-state index < -0.39 is 10.0 Å². The molecule has 0 spiro atoms. The van der Waals surface area contributed by atoms with Crippen LogP contribution in [0.2, 0.25) is 0 Å². The smallest absolute Gasteiger partial charge is 0.238 e. The first-order valence-corrected chi connectivity index (χ1v) is 11.2. The van der Waals surface area contributed by atoms with Gasteiger partial charge in [0.05, 0.1) is 21.7 Å². The molecule has 0 saturated carbocycles. The second kappa shape index (κ2) is 7.94. The van der Waals surface area contributed by atoms with Gasteiger partial charge in [-0.1, -0.05) is 29.5 Å². The van der Waals surface area contributed by atoms with Gasteiger partial charge in [0.1, 0.15) is 0 Å². The van der Waals surface area contributed by atoms with Crippen LogP contribution >= 0.6 is 11.8 Å². The number of primary sulfonamides is 1. The number of sulfonamides is 1. The number of nitrogens with one attached hydrogen (secondary N) is 1. The highest BCUT2D eigenvalue weighted by Crippen LogP contribution is 2.26. The van der Waals surface area contributed by atoms with Gasteiger partial charge in [0.15, 0.2) is 5.16 Å². The van der Waals surface area contributed by atoms with Gasteiger partial charge in [0.25, 0.3) is 0 Å². The van der Waals surface area contributed by atoms with E-state index >= 15 is 0 Å². The first kappa shape index (κ1) is 20.4. The fourth-order valence-electron chi connectivity index (χ4n) is 2.95. The molecular formula is C19H22N4O3S2. The number of aryl methyl sites for hydroxylation is 3. The Morgan fingerprint density at radius 2 is 1.96 bits per heavy atom. The Hall–Kier alpha value is -2.36. The SMILES string of the molecule is CCn1c(SCC(=O)Nc2ccc(C)cc2C)nc2cc(S(N)(=O)=O)ccc21. The van der Waals surface area contributed by atoms with Crippen molar-refractivity contribution in [2.24, 2.45) is 5.14 Å². The Morgan fingerprint density at radius 3 is 2.61 bits per heavy atom. The van der Waals surface area contributed by atoms with Crippen molar-refractivity contribution in [3.05, 3.63) is 47.5 Å². The molecule has 0 saturated heterocycles. The first-order chi connectivity index (χ1) is 13.2. The maximum Gasteiger partial charge on any atom is 0.238 e. The third-order valence-electron chi connectivity index (χ3n) is 4.32. The standard InChI is InChI=1S/C19H22N4O3S2/c1-4-23-17-8-6-14(28(20,25)26)10-16(17)22-19(23)27-11-18(24)21-15-7-5-12(2)9-13(15)3/h5-10H,4,11H2,1-3H3,(H,21,24)(H2,20,25,26). The van der Waals surface area contributed by atoms with Crippen LogP contribution in [0.5, 0.6) is 0 Å². The van der Waals surface area contributed by atoms with E-state index in [-0.39, 0.29) is 16.6 Å². The number of amides is 1. The van der Waals surface area contributed by atoms with Gasteiger partial charge in [-0.05, 0) is 50.6 Å². The summed E-state index contributed by atoms with van der Waals surface area (Å²) in [5, 5.41) is 8.77. The monoisotopic (exact) mass is 418 g/mol. The molecule has 0 radical (unpaired) electrons. The van der Waals surface area contributed by atoms with Crippen molar-refractivity contribution >= 4 is 44.4 Å². The highest BCUT2D eigenvalue weighted by Gasteiger charge is 2.15. The molecule has 0 bridgehead atoms. The molecule has 0 atom stereocenters. The molecule has 3 N–H and O–H groups in total. The van der Waals surface area contributed by atoms with Crippen molar-refractivity contribution in [3.63, 3.8) is 0 Å². The average Bonchev–Trinajstić information content (AvgIpc) is 2.98. The van der Waals surface area contributed by atoms with Crippen molar-refractivity contribution in [2.75, 3.05) is 11.1 Å². The maximum absolute atomic E-state index is 12.4. The summed E-state index contributed by atoms with van der Waals surface area (Å²) in [6.07, 6.45) is 0. The summed E-state index contributed by atoms with van der Waals surface area (Å²) in [5.74, 6) is 0.0653. The Labute approximate surface area is 168 Å². The molecule has 0 fully saturated rings. The third-order valence-corrected chi connectivity index (χ3v) is 6.21. The summed E-state index contributed by atoms with van der Waals surface area (Å²) >= 11 is 1.31. The minimum absolute atomic E-state index is 0.0184. The van der Waals surface area contributed by atoms with Gasteiger partial charge in [0.2, 0.25) is 15.9 Å². The van der Waals surface area contributed by atoms with Gasteiger partial charge in [0, 0.05) is 12.2 Å². The van der Waals surface area contributed by atoms with E-state index in [9.17, 15) is 13.2 Å². The van der Waals surface area contributed by atoms with Crippen LogP contribution in [0.15, 0.2) is 46.5 Å². The van der Waals surface area contributed by atoms with Crippen molar-refractivity contribution in [2.45, 2.75) is 37.4 Å². The van der Waals surface area contributed by atoms with E-state index in [1.54, 1.807) is 6.07 Å². The number of carbonyl (C=O) groups excluding carboxylic acids is 1. The van der Waals surface area contributed by atoms with Crippen molar-refractivity contribution in [3.8, 4) is 0 Å². The minimum Gasteiger partial charge on any atom is -0.325 e. The number of nitrogens with two attached hydrogens (primary N) is 1. The molecule has 0 unspecified atom stereocenters. The molecule has 28 heavy (non-hydrogen) atoms. The molecule has 0 aliphatic carbocycles. The molecule has 1 aromatic heterocycles. The van der Waals surface area contributed by atoms with Crippen LogP contribution in [0, 0.1) is 13.8 Å². The second-order valence-corrected chi connectivity index (χ2v) is 8.99. The number of fused-ring (bicyclic) bond motifs is 1. The Balaban J connectivity index is 1.78. The number of imidazole rings is 1. The summed E-state index contributed by atoms with van der Waals surface area (Å²) in [5.41, 5.74) is 4.27. The van der Waals surface area contributed by atoms with E-state index in [1.807, 2.05) is 43.5 Å². The van der Waals surface area contributed by atoms with E-state index in [1.165, 1.54) is 23.9 Å². The summed E-state index contributed by atoms with van der Waals surface area (Å²) in [4.78, 5) is 16.9. The normalized spacial score (nSPS) is 11.7. The van der Waals surface area contributed by atoms with E-state index in [4.69, 9.17) is 5.14 Å². The highest BCUT2D eigenvalue weighted by molar-refractivity contribution is 7.99. The van der Waals surface area contributed by atoms with Gasteiger partial charge in [-0.15, -0.1) is 0 Å². The van der Waals surface area contributed by atoms with E-state index in [0.29, 0.717) is 17.2 Å². The van der Waals surface area contributed by atoms with Crippen molar-refractivity contribution < 1.29 is 13.2 Å².